The standard InChI is InChI=1S/C7H15IN2/c1-6(2)3-9-7-4-10(8)5-7/h6-7,9H,3-5H2,1-2H3. The zero-order valence-corrected chi connectivity index (χ0v) is 8.76. The van der Waals surface area contributed by atoms with Gasteiger partial charge in [-0.15, -0.1) is 0 Å². The molecule has 1 fully saturated rings. The Bertz CT molecular complexity index is 99.8. The van der Waals surface area contributed by atoms with Crippen LogP contribution in [0.4, 0.5) is 0 Å². The molecule has 60 valence electrons. The minimum absolute atomic E-state index is 0.763. The van der Waals surface area contributed by atoms with E-state index in [0.29, 0.717) is 0 Å². The van der Waals surface area contributed by atoms with Crippen molar-refractivity contribution in [3.05, 3.63) is 0 Å². The molecule has 0 radical (unpaired) electrons. The fourth-order valence-electron chi connectivity index (χ4n) is 0.956. The van der Waals surface area contributed by atoms with Crippen LogP contribution in [0, 0.1) is 5.92 Å². The molecule has 0 saturated carbocycles. The number of nitrogens with one attached hydrogen (secondary N) is 1. The number of hydrogen-bond acceptors (Lipinski definition) is 2. The first kappa shape index (κ1) is 8.74. The molecule has 2 nitrogen and oxygen atoms in total. The Hall–Kier alpha value is 0.650. The monoisotopic (exact) mass is 254 g/mol. The predicted octanol–water partition coefficient (Wildman–Crippen LogP) is 1.27. The fourth-order valence-corrected chi connectivity index (χ4v) is 1.91. The lowest BCUT2D eigenvalue weighted by Gasteiger charge is -2.35. The lowest BCUT2D eigenvalue weighted by molar-refractivity contribution is 0.262. The number of hydrogen-bond donors (Lipinski definition) is 1. The molecule has 0 aromatic carbocycles. The molecule has 0 atom stereocenters. The Morgan fingerprint density at radius 1 is 1.60 bits per heavy atom. The van der Waals surface area contributed by atoms with Crippen molar-refractivity contribution in [2.45, 2.75) is 19.9 Å². The average molecular weight is 254 g/mol. The van der Waals surface area contributed by atoms with Crippen LogP contribution in [-0.2, 0) is 0 Å². The Balaban J connectivity index is 1.95. The van der Waals surface area contributed by atoms with Gasteiger partial charge < -0.3 is 5.32 Å². The van der Waals surface area contributed by atoms with Crippen molar-refractivity contribution < 1.29 is 0 Å². The third-order valence-corrected chi connectivity index (χ3v) is 2.44. The molecule has 1 N–H and O–H groups in total. The number of rotatable bonds is 3. The van der Waals surface area contributed by atoms with Gasteiger partial charge in [0.25, 0.3) is 0 Å². The highest BCUT2D eigenvalue weighted by atomic mass is 127. The summed E-state index contributed by atoms with van der Waals surface area (Å²) in [6, 6.07) is 0.763. The van der Waals surface area contributed by atoms with Crippen LogP contribution >= 0.6 is 22.9 Å². The highest BCUT2D eigenvalue weighted by molar-refractivity contribution is 14.1. The zero-order valence-electron chi connectivity index (χ0n) is 6.60. The SMILES string of the molecule is CC(C)CNC1CN(I)C1. The maximum absolute atomic E-state index is 3.50. The van der Waals surface area contributed by atoms with Crippen LogP contribution in [0.1, 0.15) is 13.8 Å². The van der Waals surface area contributed by atoms with Crippen LogP contribution < -0.4 is 5.32 Å². The molecule has 10 heavy (non-hydrogen) atoms. The summed E-state index contributed by atoms with van der Waals surface area (Å²) in [4.78, 5) is 0. The van der Waals surface area contributed by atoms with E-state index in [4.69, 9.17) is 0 Å². The molecule has 0 unspecified atom stereocenters. The lowest BCUT2D eigenvalue weighted by atomic mass is 10.1. The topological polar surface area (TPSA) is 15.3 Å². The van der Waals surface area contributed by atoms with E-state index in [9.17, 15) is 0 Å². The smallest absolute Gasteiger partial charge is 0.0339 e. The van der Waals surface area contributed by atoms with E-state index in [0.717, 1.165) is 18.5 Å². The molecule has 1 aliphatic rings. The summed E-state index contributed by atoms with van der Waals surface area (Å²) in [6.45, 7) is 8.08. The molecule has 1 saturated heterocycles. The van der Waals surface area contributed by atoms with Gasteiger partial charge in [-0.25, -0.2) is 3.11 Å². The highest BCUT2D eigenvalue weighted by Gasteiger charge is 2.23. The molecule has 0 amide bonds. The van der Waals surface area contributed by atoms with Gasteiger partial charge in [0.05, 0.1) is 0 Å². The van der Waals surface area contributed by atoms with Gasteiger partial charge >= 0.3 is 0 Å². The van der Waals surface area contributed by atoms with E-state index in [-0.39, 0.29) is 0 Å². The quantitative estimate of drug-likeness (QED) is 0.602. The summed E-state index contributed by atoms with van der Waals surface area (Å²) in [5, 5.41) is 3.50. The Kier molecular flexibility index (Phi) is 3.39. The van der Waals surface area contributed by atoms with Gasteiger partial charge in [-0.2, -0.15) is 0 Å². The van der Waals surface area contributed by atoms with Gasteiger partial charge in [0.1, 0.15) is 0 Å². The second kappa shape index (κ2) is 3.88. The van der Waals surface area contributed by atoms with Crippen molar-refractivity contribution in [3.63, 3.8) is 0 Å². The van der Waals surface area contributed by atoms with E-state index >= 15 is 0 Å². The summed E-state index contributed by atoms with van der Waals surface area (Å²) in [5.41, 5.74) is 0. The summed E-state index contributed by atoms with van der Waals surface area (Å²) in [6.07, 6.45) is 0. The molecule has 0 aromatic rings. The summed E-state index contributed by atoms with van der Waals surface area (Å²) in [5.74, 6) is 0.781. The van der Waals surface area contributed by atoms with Crippen LogP contribution in [0.15, 0.2) is 0 Å². The molecule has 1 heterocycles. The Morgan fingerprint density at radius 2 is 2.20 bits per heavy atom. The first-order valence-electron chi connectivity index (χ1n) is 3.82. The van der Waals surface area contributed by atoms with Crippen LogP contribution in [0.3, 0.4) is 0 Å². The minimum Gasteiger partial charge on any atom is -0.311 e. The van der Waals surface area contributed by atoms with Gasteiger partial charge in [-0.3, -0.25) is 0 Å². The van der Waals surface area contributed by atoms with E-state index in [1.807, 2.05) is 0 Å². The summed E-state index contributed by atoms with van der Waals surface area (Å²) < 4.78 is 2.30. The third kappa shape index (κ3) is 2.72. The lowest BCUT2D eigenvalue weighted by Crippen LogP contribution is -2.54. The van der Waals surface area contributed by atoms with Crippen molar-refractivity contribution in [1.29, 1.82) is 0 Å². The summed E-state index contributed by atoms with van der Waals surface area (Å²) in [7, 11) is 0. The van der Waals surface area contributed by atoms with Gasteiger partial charge in [0, 0.05) is 42.0 Å². The van der Waals surface area contributed by atoms with Crippen molar-refractivity contribution in [2.24, 2.45) is 5.92 Å². The molecular weight excluding hydrogens is 239 g/mol. The molecule has 0 aliphatic carbocycles. The average Bonchev–Trinajstić information content (AvgIpc) is 1.77. The number of halogens is 1. The maximum atomic E-state index is 3.50. The third-order valence-electron chi connectivity index (χ3n) is 1.65. The first-order chi connectivity index (χ1) is 4.68. The van der Waals surface area contributed by atoms with Crippen molar-refractivity contribution in [3.8, 4) is 0 Å². The summed E-state index contributed by atoms with van der Waals surface area (Å²) >= 11 is 2.36. The van der Waals surface area contributed by atoms with E-state index in [2.05, 4.69) is 45.1 Å². The molecule has 0 bridgehead atoms. The van der Waals surface area contributed by atoms with Crippen LogP contribution in [0.2, 0.25) is 0 Å². The molecule has 0 spiro atoms. The Morgan fingerprint density at radius 3 is 2.60 bits per heavy atom. The first-order valence-corrected chi connectivity index (χ1v) is 4.79. The highest BCUT2D eigenvalue weighted by Crippen LogP contribution is 2.12. The normalized spacial score (nSPS) is 21.6. The molecule has 3 heteroatoms. The zero-order chi connectivity index (χ0) is 7.56. The predicted molar refractivity (Wildman–Crippen MR) is 52.2 cm³/mol. The van der Waals surface area contributed by atoms with Gasteiger partial charge in [-0.1, -0.05) is 13.8 Å². The molecular formula is C7H15IN2. The Labute approximate surface area is 76.9 Å². The second-order valence-corrected chi connectivity index (χ2v) is 4.69. The molecule has 1 rings (SSSR count). The number of nitrogens with zero attached hydrogens (tertiary/aromatic N) is 1. The van der Waals surface area contributed by atoms with Crippen molar-refractivity contribution >= 4 is 22.9 Å². The van der Waals surface area contributed by atoms with Crippen molar-refractivity contribution in [1.82, 2.24) is 8.43 Å². The molecule has 0 aromatic heterocycles. The van der Waals surface area contributed by atoms with Crippen LogP contribution in [-0.4, -0.2) is 28.8 Å². The fraction of sp³-hybridized carbons (Fsp3) is 1.00. The van der Waals surface area contributed by atoms with Crippen LogP contribution in [0.25, 0.3) is 0 Å². The molecule has 1 aliphatic heterocycles. The van der Waals surface area contributed by atoms with Crippen LogP contribution in [0.5, 0.6) is 0 Å². The van der Waals surface area contributed by atoms with E-state index < -0.39 is 0 Å². The largest absolute Gasteiger partial charge is 0.311 e. The second-order valence-electron chi connectivity index (χ2n) is 3.33. The van der Waals surface area contributed by atoms with Gasteiger partial charge in [0.15, 0.2) is 0 Å². The van der Waals surface area contributed by atoms with Gasteiger partial charge in [-0.05, 0) is 12.5 Å². The van der Waals surface area contributed by atoms with Crippen molar-refractivity contribution in [2.75, 3.05) is 19.6 Å². The van der Waals surface area contributed by atoms with E-state index in [1.54, 1.807) is 0 Å². The van der Waals surface area contributed by atoms with Gasteiger partial charge in [0.2, 0.25) is 0 Å². The maximum Gasteiger partial charge on any atom is 0.0339 e. The van der Waals surface area contributed by atoms with E-state index in [1.165, 1.54) is 13.1 Å². The minimum atomic E-state index is 0.763.